The molecule has 0 radical (unpaired) electrons. The molecule has 0 saturated heterocycles. The highest BCUT2D eigenvalue weighted by Crippen LogP contribution is 2.28. The lowest BCUT2D eigenvalue weighted by molar-refractivity contribution is 0.908. The Balaban J connectivity index is 2.12. The number of nitriles is 1. The minimum Gasteiger partial charge on any atom is -0.378 e. The second-order valence-corrected chi connectivity index (χ2v) is 5.94. The molecular weight excluding hydrogens is 276 g/mol. The highest BCUT2D eigenvalue weighted by Gasteiger charge is 2.09. The fourth-order valence-electron chi connectivity index (χ4n) is 1.83. The molecule has 0 bridgehead atoms. The number of thiophene rings is 1. The number of hydrogen-bond acceptors (Lipinski definition) is 3. The van der Waals surface area contributed by atoms with Crippen molar-refractivity contribution in [1.82, 2.24) is 0 Å². The van der Waals surface area contributed by atoms with Gasteiger partial charge in [0.15, 0.2) is 0 Å². The van der Waals surface area contributed by atoms with Gasteiger partial charge in [-0.2, -0.15) is 5.26 Å². The van der Waals surface area contributed by atoms with Crippen LogP contribution in [0.1, 0.15) is 35.2 Å². The molecule has 0 fully saturated rings. The standard InChI is InChI=1S/C15H15ClN2S/c1-3-13-6-7-15(19-13)10(2)18-12-5-4-11(9-17)14(16)8-12/h4-8,10,18H,3H2,1-2H3. The average Bonchev–Trinajstić information content (AvgIpc) is 2.88. The molecule has 1 aromatic heterocycles. The van der Waals surface area contributed by atoms with Gasteiger partial charge >= 0.3 is 0 Å². The van der Waals surface area contributed by atoms with E-state index in [1.54, 1.807) is 12.1 Å². The molecule has 1 atom stereocenters. The maximum atomic E-state index is 8.85. The van der Waals surface area contributed by atoms with Gasteiger partial charge in [-0.15, -0.1) is 11.3 Å². The number of hydrogen-bond donors (Lipinski definition) is 1. The topological polar surface area (TPSA) is 35.8 Å². The van der Waals surface area contributed by atoms with Crippen LogP contribution in [0.3, 0.4) is 0 Å². The molecule has 0 aliphatic carbocycles. The van der Waals surface area contributed by atoms with Crippen molar-refractivity contribution in [3.05, 3.63) is 50.7 Å². The number of nitrogens with one attached hydrogen (secondary N) is 1. The highest BCUT2D eigenvalue weighted by atomic mass is 35.5. The highest BCUT2D eigenvalue weighted by molar-refractivity contribution is 7.12. The van der Waals surface area contributed by atoms with E-state index in [2.05, 4.69) is 37.4 Å². The molecule has 2 rings (SSSR count). The number of anilines is 1. The van der Waals surface area contributed by atoms with Crippen LogP contribution in [-0.2, 0) is 6.42 Å². The summed E-state index contributed by atoms with van der Waals surface area (Å²) < 4.78 is 0. The van der Waals surface area contributed by atoms with Gasteiger partial charge in [0.25, 0.3) is 0 Å². The van der Waals surface area contributed by atoms with Gasteiger partial charge in [-0.25, -0.2) is 0 Å². The summed E-state index contributed by atoms with van der Waals surface area (Å²) in [5.41, 5.74) is 1.44. The van der Waals surface area contributed by atoms with Crippen molar-refractivity contribution in [1.29, 1.82) is 5.26 Å². The normalized spacial score (nSPS) is 11.9. The summed E-state index contributed by atoms with van der Waals surface area (Å²) in [6.07, 6.45) is 1.07. The Hall–Kier alpha value is -1.50. The molecule has 1 aromatic carbocycles. The molecule has 1 unspecified atom stereocenters. The molecule has 0 aliphatic rings. The first-order chi connectivity index (χ1) is 9.13. The van der Waals surface area contributed by atoms with Crippen LogP contribution < -0.4 is 5.32 Å². The Kier molecular flexibility index (Phi) is 4.47. The van der Waals surface area contributed by atoms with Crippen molar-refractivity contribution in [2.24, 2.45) is 0 Å². The molecule has 2 aromatic rings. The zero-order valence-electron chi connectivity index (χ0n) is 10.9. The lowest BCUT2D eigenvalue weighted by atomic mass is 10.2. The van der Waals surface area contributed by atoms with E-state index in [1.165, 1.54) is 9.75 Å². The smallest absolute Gasteiger partial charge is 0.101 e. The van der Waals surface area contributed by atoms with E-state index in [9.17, 15) is 0 Å². The van der Waals surface area contributed by atoms with Crippen LogP contribution in [0.25, 0.3) is 0 Å². The second-order valence-electron chi connectivity index (χ2n) is 4.33. The van der Waals surface area contributed by atoms with E-state index < -0.39 is 0 Å². The summed E-state index contributed by atoms with van der Waals surface area (Å²) in [4.78, 5) is 2.69. The minimum atomic E-state index is 0.231. The predicted molar refractivity (Wildman–Crippen MR) is 81.9 cm³/mol. The quantitative estimate of drug-likeness (QED) is 0.859. The predicted octanol–water partition coefficient (Wildman–Crippen LogP) is 5.01. The first-order valence-corrected chi connectivity index (χ1v) is 7.38. The Bertz CT molecular complexity index is 613. The van der Waals surface area contributed by atoms with Gasteiger partial charge in [0.05, 0.1) is 16.6 Å². The summed E-state index contributed by atoms with van der Waals surface area (Å²) in [5.74, 6) is 0. The van der Waals surface area contributed by atoms with Crippen molar-refractivity contribution < 1.29 is 0 Å². The lowest BCUT2D eigenvalue weighted by Crippen LogP contribution is -2.04. The zero-order valence-corrected chi connectivity index (χ0v) is 12.5. The van der Waals surface area contributed by atoms with E-state index in [-0.39, 0.29) is 6.04 Å². The van der Waals surface area contributed by atoms with Crippen molar-refractivity contribution in [3.8, 4) is 6.07 Å². The molecule has 0 spiro atoms. The molecular formula is C15H15ClN2S. The first-order valence-electron chi connectivity index (χ1n) is 6.18. The molecule has 2 nitrogen and oxygen atoms in total. The van der Waals surface area contributed by atoms with Crippen molar-refractivity contribution in [3.63, 3.8) is 0 Å². The fraction of sp³-hybridized carbons (Fsp3) is 0.267. The van der Waals surface area contributed by atoms with Gasteiger partial charge in [-0.3, -0.25) is 0 Å². The third-order valence-corrected chi connectivity index (χ3v) is 4.66. The van der Waals surface area contributed by atoms with Crippen LogP contribution >= 0.6 is 22.9 Å². The molecule has 0 saturated carbocycles. The summed E-state index contributed by atoms with van der Waals surface area (Å²) >= 11 is 7.85. The Morgan fingerprint density at radius 2 is 2.16 bits per heavy atom. The Morgan fingerprint density at radius 3 is 2.74 bits per heavy atom. The van der Waals surface area contributed by atoms with Gasteiger partial charge in [0.2, 0.25) is 0 Å². The first kappa shape index (κ1) is 13.9. The van der Waals surface area contributed by atoms with Crippen molar-refractivity contribution in [2.45, 2.75) is 26.3 Å². The van der Waals surface area contributed by atoms with E-state index in [1.807, 2.05) is 17.4 Å². The van der Waals surface area contributed by atoms with Gasteiger partial charge in [0.1, 0.15) is 6.07 Å². The maximum absolute atomic E-state index is 8.85. The summed E-state index contributed by atoms with van der Waals surface area (Å²) in [5, 5.41) is 12.7. The van der Waals surface area contributed by atoms with Gasteiger partial charge in [-0.05, 0) is 43.7 Å². The monoisotopic (exact) mass is 290 g/mol. The van der Waals surface area contributed by atoms with Crippen LogP contribution in [0.4, 0.5) is 5.69 Å². The summed E-state index contributed by atoms with van der Waals surface area (Å²) in [6, 6.07) is 12.0. The SMILES string of the molecule is CCc1ccc(C(C)Nc2ccc(C#N)c(Cl)c2)s1. The molecule has 0 amide bonds. The Morgan fingerprint density at radius 1 is 1.37 bits per heavy atom. The van der Waals surface area contributed by atoms with Crippen LogP contribution in [0, 0.1) is 11.3 Å². The summed E-state index contributed by atoms with van der Waals surface area (Å²) in [7, 11) is 0. The maximum Gasteiger partial charge on any atom is 0.101 e. The largest absolute Gasteiger partial charge is 0.378 e. The zero-order chi connectivity index (χ0) is 13.8. The molecule has 0 aliphatic heterocycles. The number of rotatable bonds is 4. The van der Waals surface area contributed by atoms with E-state index >= 15 is 0 Å². The van der Waals surface area contributed by atoms with Crippen molar-refractivity contribution in [2.75, 3.05) is 5.32 Å². The average molecular weight is 291 g/mol. The van der Waals surface area contributed by atoms with Gasteiger partial charge < -0.3 is 5.32 Å². The van der Waals surface area contributed by atoms with Gasteiger partial charge in [0, 0.05) is 15.4 Å². The third-order valence-electron chi connectivity index (χ3n) is 2.93. The lowest BCUT2D eigenvalue weighted by Gasteiger charge is -2.14. The van der Waals surface area contributed by atoms with Crippen LogP contribution in [-0.4, -0.2) is 0 Å². The molecule has 1 heterocycles. The number of halogens is 1. The van der Waals surface area contributed by atoms with Crippen molar-refractivity contribution >= 4 is 28.6 Å². The number of nitrogens with zero attached hydrogens (tertiary/aromatic N) is 1. The number of aryl methyl sites for hydroxylation is 1. The molecule has 98 valence electrons. The fourth-order valence-corrected chi connectivity index (χ4v) is 3.01. The van der Waals surface area contributed by atoms with Crippen LogP contribution in [0.2, 0.25) is 5.02 Å². The third kappa shape index (κ3) is 3.28. The minimum absolute atomic E-state index is 0.231. The second kappa shape index (κ2) is 6.10. The van der Waals surface area contributed by atoms with E-state index in [4.69, 9.17) is 16.9 Å². The summed E-state index contributed by atoms with van der Waals surface area (Å²) in [6.45, 7) is 4.28. The van der Waals surface area contributed by atoms with Crippen LogP contribution in [0.5, 0.6) is 0 Å². The molecule has 19 heavy (non-hydrogen) atoms. The van der Waals surface area contributed by atoms with Gasteiger partial charge in [-0.1, -0.05) is 18.5 Å². The van der Waals surface area contributed by atoms with E-state index in [0.717, 1.165) is 12.1 Å². The molecule has 1 N–H and O–H groups in total. The van der Waals surface area contributed by atoms with E-state index in [0.29, 0.717) is 10.6 Å². The Labute approximate surface area is 122 Å². The number of benzene rings is 1. The molecule has 4 heteroatoms. The van der Waals surface area contributed by atoms with Crippen LogP contribution in [0.15, 0.2) is 30.3 Å².